The maximum atomic E-state index is 13.4. The van der Waals surface area contributed by atoms with Crippen molar-refractivity contribution >= 4 is 33.3 Å². The molecule has 0 fully saturated rings. The third kappa shape index (κ3) is 4.02. The minimum atomic E-state index is -0.00868. The van der Waals surface area contributed by atoms with E-state index in [9.17, 15) is 4.79 Å². The lowest BCUT2D eigenvalue weighted by Gasteiger charge is -2.13. The molecule has 154 valence electrons. The molecule has 2 aromatic carbocycles. The van der Waals surface area contributed by atoms with E-state index in [1.807, 2.05) is 50.2 Å². The first kappa shape index (κ1) is 20.7. The Morgan fingerprint density at radius 1 is 1.03 bits per heavy atom. The molecule has 30 heavy (non-hydrogen) atoms. The zero-order valence-corrected chi connectivity index (χ0v) is 19.2. The third-order valence-electron chi connectivity index (χ3n) is 5.25. The summed E-state index contributed by atoms with van der Waals surface area (Å²) in [7, 11) is 0. The van der Waals surface area contributed by atoms with Crippen molar-refractivity contribution in [2.45, 2.75) is 32.9 Å². The van der Waals surface area contributed by atoms with Crippen LogP contribution in [0.1, 0.15) is 21.6 Å². The van der Waals surface area contributed by atoms with Crippen LogP contribution < -0.4 is 10.3 Å². The van der Waals surface area contributed by atoms with Crippen LogP contribution in [0.4, 0.5) is 0 Å². The normalized spacial score (nSPS) is 11.2. The Labute approximate surface area is 184 Å². The first-order valence-electron chi connectivity index (χ1n) is 9.86. The number of nitrogens with zero attached hydrogens (tertiary/aromatic N) is 2. The van der Waals surface area contributed by atoms with Crippen molar-refractivity contribution in [2.24, 2.45) is 0 Å². The number of aromatic nitrogens is 2. The van der Waals surface area contributed by atoms with Crippen molar-refractivity contribution in [3.63, 3.8) is 0 Å². The molecule has 0 aliphatic rings. The summed E-state index contributed by atoms with van der Waals surface area (Å²) in [5.41, 5.74) is 4.31. The van der Waals surface area contributed by atoms with E-state index in [4.69, 9.17) is 9.72 Å². The molecule has 0 atom stereocenters. The maximum absolute atomic E-state index is 13.4. The lowest BCUT2D eigenvalue weighted by Crippen LogP contribution is -2.22. The summed E-state index contributed by atoms with van der Waals surface area (Å²) in [5.74, 6) is 1.56. The second-order valence-corrected chi connectivity index (χ2v) is 9.54. The quantitative estimate of drug-likeness (QED) is 0.216. The summed E-state index contributed by atoms with van der Waals surface area (Å²) in [6, 6.07) is 15.8. The summed E-state index contributed by atoms with van der Waals surface area (Å²) >= 11 is 3.13. The highest BCUT2D eigenvalue weighted by Crippen LogP contribution is 2.29. The number of hydrogen-bond acceptors (Lipinski definition) is 5. The Morgan fingerprint density at radius 3 is 2.53 bits per heavy atom. The van der Waals surface area contributed by atoms with Crippen LogP contribution in [0.25, 0.3) is 15.9 Å². The van der Waals surface area contributed by atoms with Crippen molar-refractivity contribution in [3.8, 4) is 11.4 Å². The molecule has 2 heterocycles. The van der Waals surface area contributed by atoms with Gasteiger partial charge in [-0.15, -0.1) is 11.3 Å². The van der Waals surface area contributed by atoms with Crippen LogP contribution in [0.5, 0.6) is 5.75 Å². The zero-order chi connectivity index (χ0) is 21.3. The summed E-state index contributed by atoms with van der Waals surface area (Å²) < 4.78 is 7.64. The molecular weight excluding hydrogens is 412 g/mol. The molecule has 0 N–H and O–H groups in total. The SMILES string of the molecule is Cc1ccc(OCCSc2nc3sc(C)c(C)c3c(=O)n2-c2ccccc2)cc1C. The second-order valence-electron chi connectivity index (χ2n) is 7.28. The first-order chi connectivity index (χ1) is 14.5. The summed E-state index contributed by atoms with van der Waals surface area (Å²) in [4.78, 5) is 20.2. The van der Waals surface area contributed by atoms with Gasteiger partial charge in [-0.05, 0) is 68.7 Å². The molecule has 0 saturated heterocycles. The summed E-state index contributed by atoms with van der Waals surface area (Å²) in [6.45, 7) is 8.75. The highest BCUT2D eigenvalue weighted by molar-refractivity contribution is 7.99. The predicted molar refractivity (Wildman–Crippen MR) is 127 cm³/mol. The van der Waals surface area contributed by atoms with Crippen LogP contribution in [-0.4, -0.2) is 21.9 Å². The van der Waals surface area contributed by atoms with Gasteiger partial charge in [0, 0.05) is 10.6 Å². The minimum Gasteiger partial charge on any atom is -0.493 e. The molecule has 6 heteroatoms. The summed E-state index contributed by atoms with van der Waals surface area (Å²) in [5, 5.41) is 1.42. The highest BCUT2D eigenvalue weighted by atomic mass is 32.2. The molecule has 0 aliphatic carbocycles. The fourth-order valence-corrected chi connectivity index (χ4v) is 5.17. The number of fused-ring (bicyclic) bond motifs is 1. The fraction of sp³-hybridized carbons (Fsp3) is 0.250. The van der Waals surface area contributed by atoms with E-state index in [2.05, 4.69) is 26.0 Å². The molecule has 0 bridgehead atoms. The number of ether oxygens (including phenoxy) is 1. The minimum absolute atomic E-state index is 0.00868. The molecule has 4 aromatic rings. The average Bonchev–Trinajstić information content (AvgIpc) is 3.02. The smallest absolute Gasteiger partial charge is 0.267 e. The van der Waals surface area contributed by atoms with Crippen molar-refractivity contribution in [3.05, 3.63) is 80.5 Å². The Bertz CT molecular complexity index is 1260. The van der Waals surface area contributed by atoms with E-state index >= 15 is 0 Å². The van der Waals surface area contributed by atoms with Gasteiger partial charge in [-0.3, -0.25) is 9.36 Å². The van der Waals surface area contributed by atoms with Crippen molar-refractivity contribution < 1.29 is 4.74 Å². The maximum Gasteiger partial charge on any atom is 0.267 e. The van der Waals surface area contributed by atoms with Gasteiger partial charge in [-0.2, -0.15) is 0 Å². The van der Waals surface area contributed by atoms with Gasteiger partial charge in [-0.1, -0.05) is 36.0 Å². The molecule has 4 nitrogen and oxygen atoms in total. The van der Waals surface area contributed by atoms with Gasteiger partial charge in [-0.25, -0.2) is 4.98 Å². The fourth-order valence-electron chi connectivity index (χ4n) is 3.27. The standard InChI is InChI=1S/C24H24N2O2S2/c1-15-10-11-20(14-16(15)2)28-12-13-29-24-25-22-21(17(3)18(4)30-22)23(27)26(24)19-8-6-5-7-9-19/h5-11,14H,12-13H2,1-4H3. The lowest BCUT2D eigenvalue weighted by atomic mass is 10.1. The molecule has 0 saturated carbocycles. The highest BCUT2D eigenvalue weighted by Gasteiger charge is 2.17. The number of para-hydroxylation sites is 1. The van der Waals surface area contributed by atoms with Crippen molar-refractivity contribution in [1.29, 1.82) is 0 Å². The molecule has 4 rings (SSSR count). The monoisotopic (exact) mass is 436 g/mol. The van der Waals surface area contributed by atoms with Crippen LogP contribution in [0.3, 0.4) is 0 Å². The van der Waals surface area contributed by atoms with E-state index in [-0.39, 0.29) is 5.56 Å². The van der Waals surface area contributed by atoms with Gasteiger partial charge in [0.1, 0.15) is 10.6 Å². The molecule has 2 aromatic heterocycles. The van der Waals surface area contributed by atoms with Gasteiger partial charge in [0.05, 0.1) is 17.7 Å². The van der Waals surface area contributed by atoms with E-state index in [1.54, 1.807) is 27.7 Å². The van der Waals surface area contributed by atoms with Gasteiger partial charge >= 0.3 is 0 Å². The zero-order valence-electron chi connectivity index (χ0n) is 17.6. The van der Waals surface area contributed by atoms with Crippen LogP contribution in [0, 0.1) is 27.7 Å². The van der Waals surface area contributed by atoms with Gasteiger partial charge in [0.2, 0.25) is 0 Å². The second kappa shape index (κ2) is 8.66. The van der Waals surface area contributed by atoms with Crippen LogP contribution in [-0.2, 0) is 0 Å². The molecule has 0 spiro atoms. The Kier molecular flexibility index (Phi) is 5.97. The predicted octanol–water partition coefficient (Wildman–Crippen LogP) is 5.85. The van der Waals surface area contributed by atoms with Crippen LogP contribution in [0.15, 0.2) is 58.5 Å². The molecule has 0 unspecified atom stereocenters. The van der Waals surface area contributed by atoms with E-state index in [0.29, 0.717) is 17.5 Å². The van der Waals surface area contributed by atoms with Gasteiger partial charge in [0.15, 0.2) is 5.16 Å². The van der Waals surface area contributed by atoms with E-state index < -0.39 is 0 Å². The van der Waals surface area contributed by atoms with E-state index in [0.717, 1.165) is 32.1 Å². The molecule has 0 aliphatic heterocycles. The number of thioether (sulfide) groups is 1. The lowest BCUT2D eigenvalue weighted by molar-refractivity contribution is 0.343. The number of thiophene rings is 1. The molecule has 0 amide bonds. The van der Waals surface area contributed by atoms with Crippen LogP contribution in [0.2, 0.25) is 0 Å². The van der Waals surface area contributed by atoms with Crippen LogP contribution >= 0.6 is 23.1 Å². The largest absolute Gasteiger partial charge is 0.493 e. The number of hydrogen-bond donors (Lipinski definition) is 0. The number of aryl methyl sites for hydroxylation is 4. The van der Waals surface area contributed by atoms with E-state index in [1.165, 1.54) is 11.1 Å². The third-order valence-corrected chi connectivity index (χ3v) is 7.25. The number of rotatable bonds is 6. The number of benzene rings is 2. The Balaban J connectivity index is 1.62. The van der Waals surface area contributed by atoms with Crippen molar-refractivity contribution in [1.82, 2.24) is 9.55 Å². The van der Waals surface area contributed by atoms with Gasteiger partial charge < -0.3 is 4.74 Å². The Hall–Kier alpha value is -2.57. The Morgan fingerprint density at radius 2 is 1.80 bits per heavy atom. The first-order valence-corrected chi connectivity index (χ1v) is 11.7. The topological polar surface area (TPSA) is 44.1 Å². The average molecular weight is 437 g/mol. The molecular formula is C24H24N2O2S2. The van der Waals surface area contributed by atoms with Gasteiger partial charge in [0.25, 0.3) is 5.56 Å². The molecule has 0 radical (unpaired) electrons. The summed E-state index contributed by atoms with van der Waals surface area (Å²) in [6.07, 6.45) is 0. The van der Waals surface area contributed by atoms with Crippen molar-refractivity contribution in [2.75, 3.05) is 12.4 Å².